The molecule has 5 atom stereocenters. The van der Waals surface area contributed by atoms with E-state index in [0.717, 1.165) is 12.8 Å². The lowest BCUT2D eigenvalue weighted by Gasteiger charge is -2.28. The lowest BCUT2D eigenvalue weighted by molar-refractivity contribution is -0.385. The first-order valence-corrected chi connectivity index (χ1v) is 13.5. The van der Waals surface area contributed by atoms with Gasteiger partial charge in [-0.25, -0.2) is 4.79 Å². The van der Waals surface area contributed by atoms with Gasteiger partial charge in [-0.2, -0.15) is 0 Å². The number of nitrogens with one attached hydrogen (secondary N) is 1. The van der Waals surface area contributed by atoms with Crippen LogP contribution < -0.4 is 10.2 Å². The second kappa shape index (κ2) is 10.3. The molecule has 3 amide bonds. The molecule has 1 saturated heterocycles. The van der Waals surface area contributed by atoms with Gasteiger partial charge in [0.15, 0.2) is 6.61 Å². The highest BCUT2D eigenvalue weighted by molar-refractivity contribution is 6.23. The molecule has 208 valence electrons. The minimum atomic E-state index is -0.805. The van der Waals surface area contributed by atoms with E-state index in [0.29, 0.717) is 11.3 Å². The standard InChI is InChI=1S/C31H27N3O7/c1-17-10-11-21(15-25(17)34(39)40)32-26(35)16-41-31(38)19-8-5-9-22(12-19)33-29(36)27-20-13-23(18-6-3-2-4-7-18)24(14-20)28(27)30(33)37/h2-12,15,20,23-24,27-28H,13-14,16H2,1H3,(H,32,35)/t20-,23-,24+,27+,28-/m0/s1. The molecule has 3 aliphatic rings. The second-order valence-electron chi connectivity index (χ2n) is 10.9. The molecule has 0 aromatic heterocycles. The van der Waals surface area contributed by atoms with E-state index in [1.165, 1.54) is 40.8 Å². The van der Waals surface area contributed by atoms with Crippen LogP contribution in [0, 0.1) is 40.7 Å². The average Bonchev–Trinajstić information content (AvgIpc) is 3.64. The van der Waals surface area contributed by atoms with Crippen LogP contribution >= 0.6 is 0 Å². The smallest absolute Gasteiger partial charge is 0.338 e. The largest absolute Gasteiger partial charge is 0.452 e. The number of hydrogen-bond donors (Lipinski definition) is 1. The molecule has 1 heterocycles. The lowest BCUT2D eigenvalue weighted by Crippen LogP contribution is -2.33. The fourth-order valence-corrected chi connectivity index (χ4v) is 6.86. The third-order valence-corrected chi connectivity index (χ3v) is 8.61. The van der Waals surface area contributed by atoms with E-state index < -0.39 is 23.4 Å². The lowest BCUT2D eigenvalue weighted by atomic mass is 9.73. The van der Waals surface area contributed by atoms with Crippen molar-refractivity contribution in [2.75, 3.05) is 16.8 Å². The monoisotopic (exact) mass is 553 g/mol. The van der Waals surface area contributed by atoms with E-state index in [-0.39, 0.29) is 58.3 Å². The fourth-order valence-electron chi connectivity index (χ4n) is 6.86. The van der Waals surface area contributed by atoms with Crippen LogP contribution in [-0.4, -0.2) is 35.2 Å². The highest BCUT2D eigenvalue weighted by atomic mass is 16.6. The maximum atomic E-state index is 13.6. The van der Waals surface area contributed by atoms with E-state index in [4.69, 9.17) is 4.74 Å². The van der Waals surface area contributed by atoms with Crippen molar-refractivity contribution in [1.29, 1.82) is 0 Å². The Labute approximate surface area is 235 Å². The van der Waals surface area contributed by atoms with Gasteiger partial charge in [-0.3, -0.25) is 29.4 Å². The van der Waals surface area contributed by atoms with Crippen molar-refractivity contribution in [3.8, 4) is 0 Å². The van der Waals surface area contributed by atoms with Crippen molar-refractivity contribution in [3.63, 3.8) is 0 Å². The van der Waals surface area contributed by atoms with Crippen LogP contribution in [0.2, 0.25) is 0 Å². The van der Waals surface area contributed by atoms with Crippen molar-refractivity contribution in [2.24, 2.45) is 23.7 Å². The molecule has 10 heteroatoms. The highest BCUT2D eigenvalue weighted by Crippen LogP contribution is 2.61. The van der Waals surface area contributed by atoms with Crippen LogP contribution in [0.3, 0.4) is 0 Å². The number of ether oxygens (including phenoxy) is 1. The van der Waals surface area contributed by atoms with Crippen molar-refractivity contribution in [2.45, 2.75) is 25.7 Å². The number of nitro groups is 1. The molecule has 0 radical (unpaired) electrons. The first kappa shape index (κ1) is 26.4. The Balaban J connectivity index is 1.12. The summed E-state index contributed by atoms with van der Waals surface area (Å²) in [5.74, 6) is -2.14. The third kappa shape index (κ3) is 4.65. The molecule has 0 unspecified atom stereocenters. The average molecular weight is 554 g/mol. The molecule has 0 spiro atoms. The highest BCUT2D eigenvalue weighted by Gasteiger charge is 2.64. The number of rotatable bonds is 7. The van der Waals surface area contributed by atoms with Crippen molar-refractivity contribution in [3.05, 3.63) is 99.6 Å². The molecule has 3 aromatic carbocycles. The quantitative estimate of drug-likeness (QED) is 0.195. The Hall–Kier alpha value is -4.86. The molecule has 2 aliphatic carbocycles. The predicted octanol–water partition coefficient (Wildman–Crippen LogP) is 4.63. The molecule has 6 rings (SSSR count). The van der Waals surface area contributed by atoms with E-state index in [1.54, 1.807) is 19.1 Å². The molecule has 1 aliphatic heterocycles. The SMILES string of the molecule is Cc1ccc(NC(=O)COC(=O)c2cccc(N3C(=O)[C@@H]4[C@@H]5C[C@@H]([C@@H]4C3=O)[C@H](c3ccccc3)C5)c2)cc1[N+](=O)[O-]. The number of imide groups is 1. The number of fused-ring (bicyclic) bond motifs is 5. The van der Waals surface area contributed by atoms with Crippen LogP contribution in [0.25, 0.3) is 0 Å². The first-order valence-electron chi connectivity index (χ1n) is 13.5. The van der Waals surface area contributed by atoms with Crippen molar-refractivity contribution in [1.82, 2.24) is 0 Å². The van der Waals surface area contributed by atoms with Gasteiger partial charge in [0.2, 0.25) is 11.8 Å². The van der Waals surface area contributed by atoms with Gasteiger partial charge < -0.3 is 10.1 Å². The van der Waals surface area contributed by atoms with Crippen LogP contribution in [0.5, 0.6) is 0 Å². The summed E-state index contributed by atoms with van der Waals surface area (Å²) in [5.41, 5.74) is 2.09. The number of amides is 3. The van der Waals surface area contributed by atoms with Gasteiger partial charge in [0, 0.05) is 17.3 Å². The molecule has 3 fully saturated rings. The van der Waals surface area contributed by atoms with E-state index in [1.807, 2.05) is 18.2 Å². The number of benzene rings is 3. The Morgan fingerprint density at radius 1 is 0.976 bits per heavy atom. The summed E-state index contributed by atoms with van der Waals surface area (Å²) in [5, 5.41) is 13.6. The fraction of sp³-hybridized carbons (Fsp3) is 0.290. The summed E-state index contributed by atoms with van der Waals surface area (Å²) in [6.45, 7) is 0.960. The molecule has 2 bridgehead atoms. The second-order valence-corrected chi connectivity index (χ2v) is 10.9. The van der Waals surface area contributed by atoms with Crippen molar-refractivity contribution < 1.29 is 28.8 Å². The van der Waals surface area contributed by atoms with E-state index >= 15 is 0 Å². The summed E-state index contributed by atoms with van der Waals surface area (Å²) < 4.78 is 5.14. The van der Waals surface area contributed by atoms with Gasteiger partial charge in [0.1, 0.15) is 0 Å². The molecule has 41 heavy (non-hydrogen) atoms. The van der Waals surface area contributed by atoms with Crippen LogP contribution in [-0.2, 0) is 19.1 Å². The van der Waals surface area contributed by atoms with Gasteiger partial charge in [0.05, 0.1) is 28.0 Å². The number of anilines is 2. The van der Waals surface area contributed by atoms with E-state index in [9.17, 15) is 29.3 Å². The molecular formula is C31H27N3O7. The first-order chi connectivity index (χ1) is 19.7. The molecule has 3 aromatic rings. The molecule has 2 saturated carbocycles. The van der Waals surface area contributed by atoms with Crippen LogP contribution in [0.4, 0.5) is 17.1 Å². The molecular weight excluding hydrogens is 526 g/mol. The summed E-state index contributed by atoms with van der Waals surface area (Å²) >= 11 is 0. The topological polar surface area (TPSA) is 136 Å². The Bertz CT molecular complexity index is 1590. The number of aryl methyl sites for hydroxylation is 1. The summed E-state index contributed by atoms with van der Waals surface area (Å²) in [4.78, 5) is 64.0. The number of carbonyl (C=O) groups is 4. The van der Waals surface area contributed by atoms with E-state index in [2.05, 4.69) is 17.4 Å². The molecule has 1 N–H and O–H groups in total. The van der Waals surface area contributed by atoms with Crippen molar-refractivity contribution >= 4 is 40.8 Å². The zero-order valence-corrected chi connectivity index (χ0v) is 22.2. The summed E-state index contributed by atoms with van der Waals surface area (Å²) in [6, 6.07) is 20.5. The van der Waals surface area contributed by atoms with Crippen LogP contribution in [0.1, 0.15) is 40.2 Å². The predicted molar refractivity (Wildman–Crippen MR) is 148 cm³/mol. The van der Waals surface area contributed by atoms with Gasteiger partial charge in [-0.1, -0.05) is 42.5 Å². The van der Waals surface area contributed by atoms with Crippen LogP contribution in [0.15, 0.2) is 72.8 Å². The molecule has 10 nitrogen and oxygen atoms in total. The maximum absolute atomic E-state index is 13.6. The summed E-state index contributed by atoms with van der Waals surface area (Å²) in [6.07, 6.45) is 1.75. The van der Waals surface area contributed by atoms with Gasteiger partial charge in [-0.15, -0.1) is 0 Å². The number of nitro benzene ring substituents is 1. The number of esters is 1. The third-order valence-electron chi connectivity index (χ3n) is 8.61. The maximum Gasteiger partial charge on any atom is 0.338 e. The van der Waals surface area contributed by atoms with Gasteiger partial charge in [0.25, 0.3) is 11.6 Å². The number of carbonyl (C=O) groups excluding carboxylic acids is 4. The number of nitrogens with zero attached hydrogens (tertiary/aromatic N) is 2. The Morgan fingerprint density at radius 2 is 1.73 bits per heavy atom. The minimum absolute atomic E-state index is 0.0871. The Kier molecular flexibility index (Phi) is 6.61. The number of hydrogen-bond acceptors (Lipinski definition) is 7. The zero-order valence-electron chi connectivity index (χ0n) is 22.2. The minimum Gasteiger partial charge on any atom is -0.452 e. The summed E-state index contributed by atoms with van der Waals surface area (Å²) in [7, 11) is 0. The Morgan fingerprint density at radius 3 is 2.49 bits per heavy atom. The van der Waals surface area contributed by atoms with Gasteiger partial charge >= 0.3 is 5.97 Å². The van der Waals surface area contributed by atoms with Gasteiger partial charge in [-0.05, 0) is 67.3 Å². The zero-order chi connectivity index (χ0) is 28.8. The normalized spacial score (nSPS) is 24.3.